The number of rotatable bonds is 6. The first kappa shape index (κ1) is 12.8. The van der Waals surface area contributed by atoms with Gasteiger partial charge in [0.2, 0.25) is 0 Å². The smallest absolute Gasteiger partial charge is 0.267 e. The highest BCUT2D eigenvalue weighted by Crippen LogP contribution is 2.24. The molecule has 0 aliphatic heterocycles. The van der Waals surface area contributed by atoms with Crippen molar-refractivity contribution >= 4 is 5.91 Å². The molecule has 90 valence electrons. The van der Waals surface area contributed by atoms with Gasteiger partial charge in [-0.2, -0.15) is 0 Å². The molecule has 0 fully saturated rings. The predicted octanol–water partition coefficient (Wildman–Crippen LogP) is 1.54. The molecule has 0 aliphatic rings. The highest BCUT2D eigenvalue weighted by atomic mass is 16.3. The van der Waals surface area contributed by atoms with Gasteiger partial charge >= 0.3 is 0 Å². The first-order chi connectivity index (χ1) is 7.67. The zero-order chi connectivity index (χ0) is 12.0. The van der Waals surface area contributed by atoms with Gasteiger partial charge in [0.25, 0.3) is 5.91 Å². The normalized spacial score (nSPS) is 11.4. The molecule has 1 rings (SSSR count). The summed E-state index contributed by atoms with van der Waals surface area (Å²) >= 11 is 0. The van der Waals surface area contributed by atoms with Crippen molar-refractivity contribution in [3.8, 4) is 0 Å². The van der Waals surface area contributed by atoms with Crippen LogP contribution in [0.25, 0.3) is 0 Å². The molecule has 0 spiro atoms. The molecule has 0 aliphatic carbocycles. The largest absolute Gasteiger partial charge is 0.396 e. The van der Waals surface area contributed by atoms with Crippen molar-refractivity contribution in [2.45, 2.75) is 26.7 Å². The molecule has 0 saturated carbocycles. The van der Waals surface area contributed by atoms with Crippen molar-refractivity contribution in [1.82, 2.24) is 10.3 Å². The third-order valence-electron chi connectivity index (χ3n) is 3.30. The van der Waals surface area contributed by atoms with E-state index in [4.69, 9.17) is 0 Å². The van der Waals surface area contributed by atoms with E-state index in [-0.39, 0.29) is 17.9 Å². The van der Waals surface area contributed by atoms with Crippen LogP contribution in [0, 0.1) is 5.41 Å². The summed E-state index contributed by atoms with van der Waals surface area (Å²) in [5.41, 5.74) is 0.362. The quantitative estimate of drug-likeness (QED) is 0.686. The van der Waals surface area contributed by atoms with E-state index >= 15 is 0 Å². The predicted molar refractivity (Wildman–Crippen MR) is 63.2 cm³/mol. The molecular weight excluding hydrogens is 204 g/mol. The number of amides is 1. The van der Waals surface area contributed by atoms with E-state index < -0.39 is 0 Å². The first-order valence-corrected chi connectivity index (χ1v) is 5.70. The second-order valence-corrected chi connectivity index (χ2v) is 4.13. The zero-order valence-corrected chi connectivity index (χ0v) is 9.92. The summed E-state index contributed by atoms with van der Waals surface area (Å²) in [6.07, 6.45) is 3.42. The highest BCUT2D eigenvalue weighted by molar-refractivity contribution is 5.92. The molecular formula is C12H20N2O2. The Morgan fingerprint density at radius 3 is 2.62 bits per heavy atom. The third kappa shape index (κ3) is 2.85. The summed E-state index contributed by atoms with van der Waals surface area (Å²) in [6, 6.07) is 3.52. The van der Waals surface area contributed by atoms with Gasteiger partial charge in [0.15, 0.2) is 0 Å². The Bertz CT molecular complexity index is 308. The van der Waals surface area contributed by atoms with Crippen molar-refractivity contribution in [2.75, 3.05) is 13.2 Å². The van der Waals surface area contributed by atoms with Crippen LogP contribution in [-0.2, 0) is 0 Å². The number of aromatic amines is 1. The number of carbonyl (C=O) groups excluding carboxylic acids is 1. The van der Waals surface area contributed by atoms with Crippen LogP contribution in [0.15, 0.2) is 18.3 Å². The number of H-pyrrole nitrogens is 1. The van der Waals surface area contributed by atoms with Crippen molar-refractivity contribution in [1.29, 1.82) is 0 Å². The molecule has 0 bridgehead atoms. The Morgan fingerprint density at radius 2 is 2.19 bits per heavy atom. The van der Waals surface area contributed by atoms with Crippen molar-refractivity contribution in [3.63, 3.8) is 0 Å². The maximum atomic E-state index is 11.7. The molecule has 0 radical (unpaired) electrons. The van der Waals surface area contributed by atoms with Gasteiger partial charge in [0, 0.05) is 18.2 Å². The molecule has 4 heteroatoms. The van der Waals surface area contributed by atoms with Crippen LogP contribution < -0.4 is 5.32 Å². The number of aromatic nitrogens is 1. The third-order valence-corrected chi connectivity index (χ3v) is 3.30. The van der Waals surface area contributed by atoms with Gasteiger partial charge in [-0.25, -0.2) is 0 Å². The highest BCUT2D eigenvalue weighted by Gasteiger charge is 2.25. The van der Waals surface area contributed by atoms with E-state index in [1.807, 2.05) is 13.8 Å². The first-order valence-electron chi connectivity index (χ1n) is 5.70. The lowest BCUT2D eigenvalue weighted by molar-refractivity contribution is 0.0847. The summed E-state index contributed by atoms with van der Waals surface area (Å²) in [5, 5.41) is 12.2. The van der Waals surface area contributed by atoms with Gasteiger partial charge in [-0.15, -0.1) is 0 Å². The topological polar surface area (TPSA) is 65.1 Å². The average molecular weight is 224 g/mol. The SMILES string of the molecule is CCC(CC)(CO)CNC(=O)c1ccc[nH]1. The van der Waals surface area contributed by atoms with Gasteiger partial charge in [0.1, 0.15) is 5.69 Å². The molecule has 0 unspecified atom stereocenters. The molecule has 1 aromatic heterocycles. The number of hydrogen-bond acceptors (Lipinski definition) is 2. The Balaban J connectivity index is 2.53. The summed E-state index contributed by atoms with van der Waals surface area (Å²) in [6.45, 7) is 4.67. The van der Waals surface area contributed by atoms with E-state index in [1.165, 1.54) is 0 Å². The Kier molecular flexibility index (Phi) is 4.55. The van der Waals surface area contributed by atoms with Crippen LogP contribution in [0.3, 0.4) is 0 Å². The van der Waals surface area contributed by atoms with E-state index in [2.05, 4.69) is 10.3 Å². The number of aliphatic hydroxyl groups excluding tert-OH is 1. The second kappa shape index (κ2) is 5.70. The minimum absolute atomic E-state index is 0.102. The number of hydrogen-bond donors (Lipinski definition) is 3. The lowest BCUT2D eigenvalue weighted by Crippen LogP contribution is -2.39. The van der Waals surface area contributed by atoms with Gasteiger partial charge < -0.3 is 15.4 Å². The maximum absolute atomic E-state index is 11.7. The maximum Gasteiger partial charge on any atom is 0.267 e. The van der Waals surface area contributed by atoms with Gasteiger partial charge in [-0.3, -0.25) is 4.79 Å². The minimum atomic E-state index is -0.192. The van der Waals surface area contributed by atoms with Crippen LogP contribution in [-0.4, -0.2) is 29.1 Å². The lowest BCUT2D eigenvalue weighted by atomic mass is 9.83. The number of nitrogens with one attached hydrogen (secondary N) is 2. The van der Waals surface area contributed by atoms with E-state index in [1.54, 1.807) is 18.3 Å². The van der Waals surface area contributed by atoms with Crippen LogP contribution in [0.5, 0.6) is 0 Å². The van der Waals surface area contributed by atoms with Crippen LogP contribution in [0.1, 0.15) is 37.2 Å². The molecule has 16 heavy (non-hydrogen) atoms. The van der Waals surface area contributed by atoms with Crippen LogP contribution in [0.2, 0.25) is 0 Å². The van der Waals surface area contributed by atoms with E-state index in [0.29, 0.717) is 12.2 Å². The zero-order valence-electron chi connectivity index (χ0n) is 9.92. The molecule has 0 saturated heterocycles. The number of carbonyl (C=O) groups is 1. The molecule has 1 amide bonds. The minimum Gasteiger partial charge on any atom is -0.396 e. The van der Waals surface area contributed by atoms with Gasteiger partial charge in [0.05, 0.1) is 6.61 Å². The standard InChI is InChI=1S/C12H20N2O2/c1-3-12(4-2,9-15)8-14-11(16)10-6-5-7-13-10/h5-7,13,15H,3-4,8-9H2,1-2H3,(H,14,16). The fraction of sp³-hybridized carbons (Fsp3) is 0.583. The Morgan fingerprint density at radius 1 is 1.50 bits per heavy atom. The molecule has 0 aromatic carbocycles. The average Bonchev–Trinajstić information content (AvgIpc) is 2.85. The Hall–Kier alpha value is -1.29. The molecule has 3 N–H and O–H groups in total. The van der Waals surface area contributed by atoms with Crippen molar-refractivity contribution < 1.29 is 9.90 Å². The van der Waals surface area contributed by atoms with E-state index in [0.717, 1.165) is 12.8 Å². The van der Waals surface area contributed by atoms with E-state index in [9.17, 15) is 9.90 Å². The van der Waals surface area contributed by atoms with Crippen LogP contribution >= 0.6 is 0 Å². The van der Waals surface area contributed by atoms with Gasteiger partial charge in [-0.1, -0.05) is 13.8 Å². The second-order valence-electron chi connectivity index (χ2n) is 4.13. The molecule has 1 aromatic rings. The number of aliphatic hydroxyl groups is 1. The Labute approximate surface area is 96.1 Å². The molecule has 4 nitrogen and oxygen atoms in total. The summed E-state index contributed by atoms with van der Waals surface area (Å²) in [4.78, 5) is 14.5. The molecule has 1 heterocycles. The molecule has 0 atom stereocenters. The summed E-state index contributed by atoms with van der Waals surface area (Å²) in [7, 11) is 0. The fourth-order valence-electron chi connectivity index (χ4n) is 1.61. The monoisotopic (exact) mass is 224 g/mol. The van der Waals surface area contributed by atoms with Gasteiger partial charge in [-0.05, 0) is 25.0 Å². The lowest BCUT2D eigenvalue weighted by Gasteiger charge is -2.29. The van der Waals surface area contributed by atoms with Crippen molar-refractivity contribution in [2.24, 2.45) is 5.41 Å². The summed E-state index contributed by atoms with van der Waals surface area (Å²) in [5.74, 6) is -0.121. The van der Waals surface area contributed by atoms with Crippen LogP contribution in [0.4, 0.5) is 0 Å². The van der Waals surface area contributed by atoms with Crippen molar-refractivity contribution in [3.05, 3.63) is 24.0 Å². The summed E-state index contributed by atoms with van der Waals surface area (Å²) < 4.78 is 0. The fourth-order valence-corrected chi connectivity index (χ4v) is 1.61.